The average molecular weight is 259 g/mol. The molecular weight excluding hydrogens is 245 g/mol. The van der Waals surface area contributed by atoms with E-state index in [1.165, 1.54) is 12.1 Å². The Labute approximate surface area is 109 Å². The smallest absolute Gasteiger partial charge is 0.159 e. The van der Waals surface area contributed by atoms with Crippen LogP contribution >= 0.6 is 0 Å². The number of nitrogens with one attached hydrogen (secondary N) is 1. The Bertz CT molecular complexity index is 741. The Balaban J connectivity index is 2.32. The standard InChI is InChI=1S/C13H14FN5/c1-7(2)19-11-5-8(14)3-4-9(11)16-13(19)10-6-12(15)18-17-10/h3-7H,1-2H3,(H3,15,17,18). The minimum Gasteiger partial charge on any atom is -0.382 e. The second kappa shape index (κ2) is 4.08. The molecule has 0 fully saturated rings. The number of nitrogen functional groups attached to an aromatic ring is 1. The first-order chi connectivity index (χ1) is 9.06. The third-order valence-electron chi connectivity index (χ3n) is 3.01. The van der Waals surface area contributed by atoms with Crippen LogP contribution in [0, 0.1) is 5.82 Å². The first-order valence-corrected chi connectivity index (χ1v) is 6.05. The van der Waals surface area contributed by atoms with Gasteiger partial charge in [0.15, 0.2) is 5.82 Å². The van der Waals surface area contributed by atoms with Crippen LogP contribution < -0.4 is 5.73 Å². The number of nitrogens with two attached hydrogens (primary N) is 1. The number of imidazole rings is 1. The molecule has 3 rings (SSSR count). The largest absolute Gasteiger partial charge is 0.382 e. The molecule has 0 saturated carbocycles. The summed E-state index contributed by atoms with van der Waals surface area (Å²) in [7, 11) is 0. The van der Waals surface area contributed by atoms with Crippen molar-refractivity contribution in [1.82, 2.24) is 19.7 Å². The van der Waals surface area contributed by atoms with E-state index in [1.54, 1.807) is 12.1 Å². The fraction of sp³-hybridized carbons (Fsp3) is 0.231. The SMILES string of the molecule is CC(C)n1c(-c2cc(N)n[nH]2)nc2ccc(F)cc21. The van der Waals surface area contributed by atoms with E-state index < -0.39 is 0 Å². The van der Waals surface area contributed by atoms with Crippen LogP contribution in [-0.2, 0) is 0 Å². The molecule has 6 heteroatoms. The molecule has 0 unspecified atom stereocenters. The molecule has 5 nitrogen and oxygen atoms in total. The van der Waals surface area contributed by atoms with Gasteiger partial charge in [-0.15, -0.1) is 0 Å². The van der Waals surface area contributed by atoms with Crippen LogP contribution in [0.2, 0.25) is 0 Å². The molecule has 2 heterocycles. The number of hydrogen-bond acceptors (Lipinski definition) is 3. The molecule has 0 aliphatic carbocycles. The summed E-state index contributed by atoms with van der Waals surface area (Å²) in [5.41, 5.74) is 7.86. The highest BCUT2D eigenvalue weighted by molar-refractivity contribution is 5.80. The Morgan fingerprint density at radius 1 is 1.32 bits per heavy atom. The zero-order valence-corrected chi connectivity index (χ0v) is 10.7. The van der Waals surface area contributed by atoms with Gasteiger partial charge in [0.2, 0.25) is 0 Å². The van der Waals surface area contributed by atoms with Gasteiger partial charge in [0.1, 0.15) is 17.3 Å². The number of nitrogens with zero attached hydrogens (tertiary/aromatic N) is 3. The number of rotatable bonds is 2. The Morgan fingerprint density at radius 2 is 2.11 bits per heavy atom. The minimum atomic E-state index is -0.273. The van der Waals surface area contributed by atoms with E-state index >= 15 is 0 Å². The van der Waals surface area contributed by atoms with E-state index in [4.69, 9.17) is 5.73 Å². The van der Waals surface area contributed by atoms with Gasteiger partial charge >= 0.3 is 0 Å². The lowest BCUT2D eigenvalue weighted by Crippen LogP contribution is -2.03. The van der Waals surface area contributed by atoms with Crippen LogP contribution in [0.25, 0.3) is 22.6 Å². The van der Waals surface area contributed by atoms with Crippen molar-refractivity contribution in [1.29, 1.82) is 0 Å². The van der Waals surface area contributed by atoms with Crippen LogP contribution in [0.3, 0.4) is 0 Å². The van der Waals surface area contributed by atoms with Gasteiger partial charge in [0.25, 0.3) is 0 Å². The van der Waals surface area contributed by atoms with E-state index in [2.05, 4.69) is 15.2 Å². The van der Waals surface area contributed by atoms with Crippen molar-refractivity contribution >= 4 is 16.9 Å². The summed E-state index contributed by atoms with van der Waals surface area (Å²) in [5.74, 6) is 0.841. The molecule has 0 bridgehead atoms. The maximum Gasteiger partial charge on any atom is 0.159 e. The summed E-state index contributed by atoms with van der Waals surface area (Å²) in [6, 6.07) is 6.44. The van der Waals surface area contributed by atoms with Crippen molar-refractivity contribution in [2.75, 3.05) is 5.73 Å². The van der Waals surface area contributed by atoms with Gasteiger partial charge < -0.3 is 10.3 Å². The van der Waals surface area contributed by atoms with E-state index in [0.717, 1.165) is 16.7 Å². The minimum absolute atomic E-state index is 0.145. The summed E-state index contributed by atoms with van der Waals surface area (Å²) in [6.07, 6.45) is 0. The lowest BCUT2D eigenvalue weighted by molar-refractivity contribution is 0.612. The van der Waals surface area contributed by atoms with Crippen LogP contribution in [0.1, 0.15) is 19.9 Å². The molecular formula is C13H14FN5. The summed E-state index contributed by atoms with van der Waals surface area (Å²) in [6.45, 7) is 4.05. The highest BCUT2D eigenvalue weighted by Crippen LogP contribution is 2.28. The van der Waals surface area contributed by atoms with Crippen molar-refractivity contribution in [3.8, 4) is 11.5 Å². The van der Waals surface area contributed by atoms with E-state index in [0.29, 0.717) is 11.6 Å². The third kappa shape index (κ3) is 1.85. The highest BCUT2D eigenvalue weighted by atomic mass is 19.1. The van der Waals surface area contributed by atoms with Gasteiger partial charge in [-0.1, -0.05) is 0 Å². The lowest BCUT2D eigenvalue weighted by Gasteiger charge is -2.11. The molecule has 0 saturated heterocycles. The highest BCUT2D eigenvalue weighted by Gasteiger charge is 2.16. The number of halogens is 1. The van der Waals surface area contributed by atoms with Crippen LogP contribution in [0.15, 0.2) is 24.3 Å². The molecule has 0 amide bonds. The normalized spacial score (nSPS) is 11.6. The van der Waals surface area contributed by atoms with Crippen molar-refractivity contribution in [3.63, 3.8) is 0 Å². The fourth-order valence-electron chi connectivity index (χ4n) is 2.23. The van der Waals surface area contributed by atoms with Gasteiger partial charge in [-0.05, 0) is 32.0 Å². The molecule has 19 heavy (non-hydrogen) atoms. The third-order valence-corrected chi connectivity index (χ3v) is 3.01. The first kappa shape index (κ1) is 11.7. The number of fused-ring (bicyclic) bond motifs is 1. The molecule has 0 radical (unpaired) electrons. The maximum atomic E-state index is 13.4. The van der Waals surface area contributed by atoms with E-state index in [9.17, 15) is 4.39 Å². The summed E-state index contributed by atoms with van der Waals surface area (Å²) < 4.78 is 15.4. The number of hydrogen-bond donors (Lipinski definition) is 2. The Kier molecular flexibility index (Phi) is 2.51. The molecule has 0 spiro atoms. The topological polar surface area (TPSA) is 72.5 Å². The van der Waals surface area contributed by atoms with Crippen LogP contribution in [0.4, 0.5) is 10.2 Å². The summed E-state index contributed by atoms with van der Waals surface area (Å²) in [4.78, 5) is 4.53. The van der Waals surface area contributed by atoms with Crippen molar-refractivity contribution in [2.24, 2.45) is 0 Å². The first-order valence-electron chi connectivity index (χ1n) is 6.05. The number of aromatic nitrogens is 4. The quantitative estimate of drug-likeness (QED) is 0.743. The van der Waals surface area contributed by atoms with Crippen molar-refractivity contribution in [2.45, 2.75) is 19.9 Å². The van der Waals surface area contributed by atoms with Crippen LogP contribution in [0.5, 0.6) is 0 Å². The fourth-order valence-corrected chi connectivity index (χ4v) is 2.23. The molecule has 98 valence electrons. The number of benzene rings is 1. The zero-order chi connectivity index (χ0) is 13.6. The van der Waals surface area contributed by atoms with Crippen LogP contribution in [-0.4, -0.2) is 19.7 Å². The van der Waals surface area contributed by atoms with Crippen molar-refractivity contribution in [3.05, 3.63) is 30.1 Å². The summed E-state index contributed by atoms with van der Waals surface area (Å²) in [5, 5.41) is 6.75. The van der Waals surface area contributed by atoms with E-state index in [-0.39, 0.29) is 11.9 Å². The molecule has 3 N–H and O–H groups in total. The molecule has 3 aromatic rings. The average Bonchev–Trinajstić information content (AvgIpc) is 2.91. The van der Waals surface area contributed by atoms with Gasteiger partial charge in [0, 0.05) is 12.1 Å². The van der Waals surface area contributed by atoms with Gasteiger partial charge in [0.05, 0.1) is 11.0 Å². The van der Waals surface area contributed by atoms with Gasteiger partial charge in [-0.25, -0.2) is 9.37 Å². The zero-order valence-electron chi connectivity index (χ0n) is 10.7. The second-order valence-corrected chi connectivity index (χ2v) is 4.74. The molecule has 0 aliphatic heterocycles. The second-order valence-electron chi connectivity index (χ2n) is 4.74. The monoisotopic (exact) mass is 259 g/mol. The maximum absolute atomic E-state index is 13.4. The predicted molar refractivity (Wildman–Crippen MR) is 72.1 cm³/mol. The van der Waals surface area contributed by atoms with Gasteiger partial charge in [-0.2, -0.15) is 5.10 Å². The number of anilines is 1. The predicted octanol–water partition coefficient (Wildman–Crippen LogP) is 2.73. The molecule has 1 aromatic carbocycles. The molecule has 0 aliphatic rings. The molecule has 0 atom stereocenters. The number of H-pyrrole nitrogens is 1. The number of aromatic amines is 1. The molecule has 2 aromatic heterocycles. The van der Waals surface area contributed by atoms with E-state index in [1.807, 2.05) is 18.4 Å². The van der Waals surface area contributed by atoms with Gasteiger partial charge in [-0.3, -0.25) is 5.10 Å². The lowest BCUT2D eigenvalue weighted by atomic mass is 10.3. The van der Waals surface area contributed by atoms with Crippen molar-refractivity contribution < 1.29 is 4.39 Å². The Hall–Kier alpha value is -2.37. The Morgan fingerprint density at radius 3 is 2.74 bits per heavy atom. The summed E-state index contributed by atoms with van der Waals surface area (Å²) >= 11 is 0.